The summed E-state index contributed by atoms with van der Waals surface area (Å²) in [6.07, 6.45) is 0. The average Bonchev–Trinajstić information content (AvgIpc) is 3.82. The van der Waals surface area contributed by atoms with Crippen LogP contribution in [-0.4, -0.2) is 19.5 Å². The van der Waals surface area contributed by atoms with E-state index < -0.39 is 0 Å². The molecule has 5 nitrogen and oxygen atoms in total. The van der Waals surface area contributed by atoms with Crippen LogP contribution in [0.5, 0.6) is 0 Å². The first-order valence-corrected chi connectivity index (χ1v) is 18.8. The summed E-state index contributed by atoms with van der Waals surface area (Å²) >= 11 is 0. The predicted octanol–water partition coefficient (Wildman–Crippen LogP) is 13.2. The van der Waals surface area contributed by atoms with Crippen molar-refractivity contribution in [2.75, 3.05) is 0 Å². The molecule has 0 saturated heterocycles. The Balaban J connectivity index is 1.07. The van der Waals surface area contributed by atoms with Gasteiger partial charge in [-0.05, 0) is 58.1 Å². The molecule has 0 amide bonds. The lowest BCUT2D eigenvalue weighted by atomic mass is 9.97. The molecule has 0 spiro atoms. The van der Waals surface area contributed by atoms with Gasteiger partial charge in [-0.3, -0.25) is 4.57 Å². The summed E-state index contributed by atoms with van der Waals surface area (Å²) in [4.78, 5) is 15.2. The Hall–Kier alpha value is -7.63. The lowest BCUT2D eigenvalue weighted by Crippen LogP contribution is -2.06. The minimum Gasteiger partial charge on any atom is -0.455 e. The van der Waals surface area contributed by atoms with Crippen molar-refractivity contribution in [1.82, 2.24) is 19.5 Å². The monoisotopic (exact) mass is 716 g/mol. The molecule has 8 aromatic carbocycles. The van der Waals surface area contributed by atoms with E-state index in [1.54, 1.807) is 0 Å². The highest BCUT2D eigenvalue weighted by Crippen LogP contribution is 2.40. The molecule has 0 aliphatic rings. The average molecular weight is 717 g/mol. The maximum atomic E-state index is 6.63. The summed E-state index contributed by atoms with van der Waals surface area (Å²) in [5, 5.41) is 4.44. The molecular weight excluding hydrogens is 685 g/mol. The molecule has 0 aliphatic heterocycles. The van der Waals surface area contributed by atoms with Crippen LogP contribution in [0.15, 0.2) is 199 Å². The first kappa shape index (κ1) is 31.9. The van der Waals surface area contributed by atoms with Crippen molar-refractivity contribution in [1.29, 1.82) is 0 Å². The van der Waals surface area contributed by atoms with E-state index in [0.717, 1.165) is 77.1 Å². The molecule has 0 saturated carbocycles. The summed E-state index contributed by atoms with van der Waals surface area (Å²) in [7, 11) is 0. The molecule has 0 atom stereocenters. The fourth-order valence-electron chi connectivity index (χ4n) is 7.97. The van der Waals surface area contributed by atoms with E-state index in [-0.39, 0.29) is 0 Å². The van der Waals surface area contributed by atoms with Gasteiger partial charge in [0, 0.05) is 38.2 Å². The van der Waals surface area contributed by atoms with Crippen LogP contribution in [0.3, 0.4) is 0 Å². The molecule has 262 valence electrons. The molecule has 0 radical (unpaired) electrons. The van der Waals surface area contributed by atoms with Crippen molar-refractivity contribution < 1.29 is 4.42 Å². The third-order valence-electron chi connectivity index (χ3n) is 10.7. The van der Waals surface area contributed by atoms with Gasteiger partial charge in [-0.1, -0.05) is 164 Å². The zero-order valence-electron chi connectivity index (χ0n) is 30.2. The number of hydrogen-bond acceptors (Lipinski definition) is 4. The van der Waals surface area contributed by atoms with Crippen LogP contribution < -0.4 is 0 Å². The summed E-state index contributed by atoms with van der Waals surface area (Å²) in [6, 6.07) is 67.5. The molecule has 11 rings (SSSR count). The third-order valence-corrected chi connectivity index (χ3v) is 10.7. The standard InChI is InChI=1S/C51H32N4O/c1-4-14-33(15-5-1)36-20-12-21-39(30-36)40-23-13-24-43-44-31-37(27-29-47(44)56-48(40)43)38-26-28-42-41-22-10-11-25-45(41)55(46(42)32-38)51-53-49(34-16-6-2-7-17-34)52-50(54-51)35-18-8-3-9-19-35/h1-32H. The van der Waals surface area contributed by atoms with E-state index in [9.17, 15) is 0 Å². The van der Waals surface area contributed by atoms with Gasteiger partial charge < -0.3 is 4.42 Å². The van der Waals surface area contributed by atoms with Crippen LogP contribution in [0.4, 0.5) is 0 Å². The normalized spacial score (nSPS) is 11.6. The Labute approximate surface area is 322 Å². The zero-order valence-corrected chi connectivity index (χ0v) is 30.2. The maximum Gasteiger partial charge on any atom is 0.238 e. The van der Waals surface area contributed by atoms with Gasteiger partial charge in [0.2, 0.25) is 5.95 Å². The molecule has 3 heterocycles. The molecule has 5 heteroatoms. The zero-order chi connectivity index (χ0) is 37.0. The van der Waals surface area contributed by atoms with E-state index in [0.29, 0.717) is 17.6 Å². The number of rotatable bonds is 6. The second kappa shape index (κ2) is 13.0. The predicted molar refractivity (Wildman–Crippen MR) is 229 cm³/mol. The number of benzene rings is 8. The lowest BCUT2D eigenvalue weighted by Gasteiger charge is -2.11. The van der Waals surface area contributed by atoms with Crippen LogP contribution in [0, 0.1) is 0 Å². The van der Waals surface area contributed by atoms with Crippen LogP contribution in [-0.2, 0) is 0 Å². The first-order chi connectivity index (χ1) is 27.7. The van der Waals surface area contributed by atoms with Gasteiger partial charge >= 0.3 is 0 Å². The number of fused-ring (bicyclic) bond motifs is 6. The number of para-hydroxylation sites is 2. The molecule has 11 aromatic rings. The van der Waals surface area contributed by atoms with Gasteiger partial charge in [-0.15, -0.1) is 0 Å². The van der Waals surface area contributed by atoms with Gasteiger partial charge in [-0.25, -0.2) is 4.98 Å². The van der Waals surface area contributed by atoms with E-state index in [2.05, 4.69) is 132 Å². The highest BCUT2D eigenvalue weighted by atomic mass is 16.3. The highest BCUT2D eigenvalue weighted by Gasteiger charge is 2.19. The van der Waals surface area contributed by atoms with Gasteiger partial charge in [0.1, 0.15) is 11.2 Å². The molecule has 0 bridgehead atoms. The maximum absolute atomic E-state index is 6.63. The van der Waals surface area contributed by atoms with Gasteiger partial charge in [0.25, 0.3) is 0 Å². The molecule has 56 heavy (non-hydrogen) atoms. The molecule has 0 N–H and O–H groups in total. The third kappa shape index (κ3) is 5.37. The molecule has 0 aliphatic carbocycles. The van der Waals surface area contributed by atoms with E-state index in [1.807, 2.05) is 66.7 Å². The summed E-state index contributed by atoms with van der Waals surface area (Å²) in [6.45, 7) is 0. The SMILES string of the molecule is c1ccc(-c2cccc(-c3cccc4c3oc3ccc(-c5ccc6c7ccccc7n(-c7nc(-c8ccccc8)nc(-c8ccccc8)n7)c6c5)cc34)c2)cc1. The molecule has 0 fully saturated rings. The van der Waals surface area contributed by atoms with Gasteiger partial charge in [0.05, 0.1) is 11.0 Å². The number of hydrogen-bond donors (Lipinski definition) is 0. The molecule has 3 aromatic heterocycles. The van der Waals surface area contributed by atoms with E-state index in [1.165, 1.54) is 11.1 Å². The van der Waals surface area contributed by atoms with E-state index in [4.69, 9.17) is 19.4 Å². The minimum atomic E-state index is 0.571. The van der Waals surface area contributed by atoms with Crippen LogP contribution in [0.1, 0.15) is 0 Å². The summed E-state index contributed by atoms with van der Waals surface area (Å²) < 4.78 is 8.81. The molecule has 0 unspecified atom stereocenters. The van der Waals surface area contributed by atoms with Crippen molar-refractivity contribution >= 4 is 43.7 Å². The van der Waals surface area contributed by atoms with Crippen molar-refractivity contribution in [3.05, 3.63) is 194 Å². The first-order valence-electron chi connectivity index (χ1n) is 18.8. The van der Waals surface area contributed by atoms with Crippen molar-refractivity contribution in [3.8, 4) is 62.1 Å². The topological polar surface area (TPSA) is 56.7 Å². The second-order valence-corrected chi connectivity index (χ2v) is 14.0. The Morgan fingerprint density at radius 1 is 0.339 bits per heavy atom. The van der Waals surface area contributed by atoms with Crippen molar-refractivity contribution in [2.24, 2.45) is 0 Å². The van der Waals surface area contributed by atoms with Crippen LogP contribution in [0.25, 0.3) is 106 Å². The van der Waals surface area contributed by atoms with Crippen molar-refractivity contribution in [2.45, 2.75) is 0 Å². The smallest absolute Gasteiger partial charge is 0.238 e. The largest absolute Gasteiger partial charge is 0.455 e. The number of aromatic nitrogens is 4. The number of furan rings is 1. The Morgan fingerprint density at radius 3 is 1.64 bits per heavy atom. The molecular formula is C51H32N4O. The Kier molecular flexibility index (Phi) is 7.42. The summed E-state index contributed by atoms with van der Waals surface area (Å²) in [5.74, 6) is 1.82. The Bertz CT molecular complexity index is 3180. The van der Waals surface area contributed by atoms with Gasteiger partial charge in [-0.2, -0.15) is 9.97 Å². The Morgan fingerprint density at radius 2 is 0.893 bits per heavy atom. The van der Waals surface area contributed by atoms with E-state index >= 15 is 0 Å². The van der Waals surface area contributed by atoms with Crippen LogP contribution in [0.2, 0.25) is 0 Å². The minimum absolute atomic E-state index is 0.571. The summed E-state index contributed by atoms with van der Waals surface area (Å²) in [5.41, 5.74) is 12.4. The fourth-order valence-corrected chi connectivity index (χ4v) is 7.97. The van der Waals surface area contributed by atoms with Crippen molar-refractivity contribution in [3.63, 3.8) is 0 Å². The number of nitrogens with zero attached hydrogens (tertiary/aromatic N) is 4. The second-order valence-electron chi connectivity index (χ2n) is 14.0. The van der Waals surface area contributed by atoms with Gasteiger partial charge in [0.15, 0.2) is 11.6 Å². The lowest BCUT2D eigenvalue weighted by molar-refractivity contribution is 0.670. The van der Waals surface area contributed by atoms with Crippen LogP contribution >= 0.6 is 0 Å². The quantitative estimate of drug-likeness (QED) is 0.172. The highest BCUT2D eigenvalue weighted by molar-refractivity contribution is 6.12. The fraction of sp³-hybridized carbons (Fsp3) is 0.